The predicted octanol–water partition coefficient (Wildman–Crippen LogP) is 1.65. The summed E-state index contributed by atoms with van der Waals surface area (Å²) in [5, 5.41) is 9.44. The minimum Gasteiger partial charge on any atom is -0.388 e. The maximum absolute atomic E-state index is 15.1. The number of aliphatic hydroxyl groups is 1. The Hall–Kier alpha value is -2.85. The fourth-order valence-electron chi connectivity index (χ4n) is 4.19. The third kappa shape index (κ3) is 3.16. The molecule has 2 aromatic heterocycles. The van der Waals surface area contributed by atoms with Crippen molar-refractivity contribution in [3.63, 3.8) is 0 Å². The van der Waals surface area contributed by atoms with Crippen LogP contribution >= 0.6 is 0 Å². The zero-order valence-corrected chi connectivity index (χ0v) is 17.4. The summed E-state index contributed by atoms with van der Waals surface area (Å²) in [4.78, 5) is 29.0. The van der Waals surface area contributed by atoms with Crippen molar-refractivity contribution >= 4 is 29.0 Å². The molecule has 2 aliphatic heterocycles. The van der Waals surface area contributed by atoms with E-state index >= 15 is 4.39 Å². The Balaban J connectivity index is 1.76. The van der Waals surface area contributed by atoms with E-state index in [2.05, 4.69) is 15.0 Å². The number of hydrogen-bond acceptors (Lipinski definition) is 8. The van der Waals surface area contributed by atoms with Gasteiger partial charge in [0.1, 0.15) is 18.2 Å². The minimum absolute atomic E-state index is 0.0426. The molecule has 0 saturated carbocycles. The number of fused-ring (bicyclic) bond motifs is 1. The molecule has 10 heteroatoms. The molecule has 3 N–H and O–H groups in total. The van der Waals surface area contributed by atoms with Crippen LogP contribution in [0.3, 0.4) is 0 Å². The third-order valence-electron chi connectivity index (χ3n) is 5.46. The number of amides is 1. The lowest BCUT2D eigenvalue weighted by atomic mass is 9.87. The first-order valence-corrected chi connectivity index (χ1v) is 9.81. The SMILES string of the molecule is C[C@@H]1CN(c2ncc(N3C(=O)C(C)(C)c4c(N)nc(CO)nc43)cc2F)C[C@H](C)O1. The highest BCUT2D eigenvalue weighted by atomic mass is 19.1. The Kier molecular flexibility index (Phi) is 4.86. The van der Waals surface area contributed by atoms with Gasteiger partial charge in [0.15, 0.2) is 17.5 Å². The molecule has 0 aromatic carbocycles. The Bertz CT molecular complexity index is 1000. The second-order valence-corrected chi connectivity index (χ2v) is 8.31. The van der Waals surface area contributed by atoms with Crippen molar-refractivity contribution in [2.75, 3.05) is 28.6 Å². The monoisotopic (exact) mass is 416 g/mol. The van der Waals surface area contributed by atoms with Gasteiger partial charge < -0.3 is 20.5 Å². The molecule has 4 rings (SSSR count). The fraction of sp³-hybridized carbons (Fsp3) is 0.500. The number of anilines is 4. The number of carbonyl (C=O) groups excluding carboxylic acids is 1. The van der Waals surface area contributed by atoms with Crippen LogP contribution in [-0.2, 0) is 21.6 Å². The van der Waals surface area contributed by atoms with Gasteiger partial charge in [0, 0.05) is 19.2 Å². The molecule has 9 nitrogen and oxygen atoms in total. The van der Waals surface area contributed by atoms with Crippen molar-refractivity contribution in [3.05, 3.63) is 29.5 Å². The summed E-state index contributed by atoms with van der Waals surface area (Å²) in [6.07, 6.45) is 1.36. The van der Waals surface area contributed by atoms with Crippen molar-refractivity contribution in [2.45, 2.75) is 51.9 Å². The lowest BCUT2D eigenvalue weighted by molar-refractivity contribution is -0.121. The van der Waals surface area contributed by atoms with Crippen LogP contribution in [-0.4, -0.2) is 51.3 Å². The van der Waals surface area contributed by atoms with E-state index in [1.807, 2.05) is 18.7 Å². The van der Waals surface area contributed by atoms with Crippen molar-refractivity contribution in [1.82, 2.24) is 15.0 Å². The molecule has 0 bridgehead atoms. The Morgan fingerprint density at radius 3 is 2.53 bits per heavy atom. The zero-order chi connectivity index (χ0) is 21.8. The molecular formula is C20H25FN6O3. The van der Waals surface area contributed by atoms with Crippen LogP contribution in [0.1, 0.15) is 39.1 Å². The van der Waals surface area contributed by atoms with Crippen molar-refractivity contribution < 1.29 is 19.0 Å². The van der Waals surface area contributed by atoms with E-state index in [1.165, 1.54) is 17.2 Å². The third-order valence-corrected chi connectivity index (χ3v) is 5.46. The highest BCUT2D eigenvalue weighted by Crippen LogP contribution is 2.46. The van der Waals surface area contributed by atoms with Gasteiger partial charge in [0.25, 0.3) is 0 Å². The van der Waals surface area contributed by atoms with Crippen molar-refractivity contribution in [3.8, 4) is 0 Å². The van der Waals surface area contributed by atoms with Crippen LogP contribution in [0.2, 0.25) is 0 Å². The summed E-state index contributed by atoms with van der Waals surface area (Å²) in [5.41, 5.74) is 5.74. The summed E-state index contributed by atoms with van der Waals surface area (Å²) in [6, 6.07) is 1.27. The predicted molar refractivity (Wildman–Crippen MR) is 109 cm³/mol. The number of nitrogens with two attached hydrogens (primary N) is 1. The number of halogens is 1. The number of hydrogen-bond donors (Lipinski definition) is 2. The molecular weight excluding hydrogens is 391 g/mol. The molecule has 0 spiro atoms. The number of morpholine rings is 1. The molecule has 1 fully saturated rings. The summed E-state index contributed by atoms with van der Waals surface area (Å²) in [7, 11) is 0. The second-order valence-electron chi connectivity index (χ2n) is 8.31. The molecule has 4 heterocycles. The summed E-state index contributed by atoms with van der Waals surface area (Å²) >= 11 is 0. The molecule has 0 radical (unpaired) electrons. The van der Waals surface area contributed by atoms with Gasteiger partial charge in [-0.3, -0.25) is 9.69 Å². The lowest BCUT2D eigenvalue weighted by Crippen LogP contribution is -2.46. The minimum atomic E-state index is -1.00. The van der Waals surface area contributed by atoms with Crippen LogP contribution in [0.15, 0.2) is 12.3 Å². The first kappa shape index (κ1) is 20.4. The Morgan fingerprint density at radius 1 is 1.27 bits per heavy atom. The van der Waals surface area contributed by atoms with E-state index < -0.39 is 17.8 Å². The van der Waals surface area contributed by atoms with E-state index in [0.717, 1.165) is 0 Å². The lowest BCUT2D eigenvalue weighted by Gasteiger charge is -2.36. The number of rotatable bonds is 3. The topological polar surface area (TPSA) is 118 Å². The van der Waals surface area contributed by atoms with Gasteiger partial charge in [-0.2, -0.15) is 0 Å². The van der Waals surface area contributed by atoms with Gasteiger partial charge in [-0.25, -0.2) is 19.3 Å². The number of pyridine rings is 1. The van der Waals surface area contributed by atoms with E-state index in [1.54, 1.807) is 13.8 Å². The first-order chi connectivity index (χ1) is 14.1. The number of aliphatic hydroxyl groups excluding tert-OH is 1. The van der Waals surface area contributed by atoms with Gasteiger partial charge in [0.05, 0.1) is 35.1 Å². The van der Waals surface area contributed by atoms with Crippen molar-refractivity contribution in [2.24, 2.45) is 0 Å². The van der Waals surface area contributed by atoms with E-state index in [4.69, 9.17) is 10.5 Å². The number of ether oxygens (including phenoxy) is 1. The number of nitrogens with zero attached hydrogens (tertiary/aromatic N) is 5. The molecule has 1 saturated heterocycles. The zero-order valence-electron chi connectivity index (χ0n) is 17.4. The maximum Gasteiger partial charge on any atom is 0.243 e. The highest BCUT2D eigenvalue weighted by molar-refractivity contribution is 6.12. The number of nitrogen functional groups attached to an aromatic ring is 1. The first-order valence-electron chi connectivity index (χ1n) is 9.81. The quantitative estimate of drug-likeness (QED) is 0.776. The van der Waals surface area contributed by atoms with Gasteiger partial charge in [-0.05, 0) is 27.7 Å². The van der Waals surface area contributed by atoms with Crippen LogP contribution in [0.5, 0.6) is 0 Å². The number of aromatic nitrogens is 3. The average molecular weight is 416 g/mol. The Labute approximate surface area is 173 Å². The van der Waals surface area contributed by atoms with Gasteiger partial charge in [-0.15, -0.1) is 0 Å². The van der Waals surface area contributed by atoms with E-state index in [9.17, 15) is 9.90 Å². The molecule has 2 atom stereocenters. The second kappa shape index (κ2) is 7.13. The molecule has 2 aliphatic rings. The van der Waals surface area contributed by atoms with Crippen LogP contribution in [0.4, 0.5) is 27.5 Å². The van der Waals surface area contributed by atoms with E-state index in [-0.39, 0.29) is 47.1 Å². The van der Waals surface area contributed by atoms with Gasteiger partial charge >= 0.3 is 0 Å². The summed E-state index contributed by atoms with van der Waals surface area (Å²) in [5.74, 6) is -0.211. The van der Waals surface area contributed by atoms with Crippen LogP contribution in [0.25, 0.3) is 0 Å². The standard InChI is InChI=1S/C20H25FN6O3/c1-10-7-26(8-11(2)30-10)17-13(21)5-12(6-23-17)27-18-15(20(3,4)19(27)29)16(22)24-14(9-28)25-18/h5-6,10-11,28H,7-9H2,1-4H3,(H2,22,24,25)/t10-,11+. The molecule has 0 unspecified atom stereocenters. The molecule has 2 aromatic rings. The molecule has 0 aliphatic carbocycles. The van der Waals surface area contributed by atoms with E-state index in [0.29, 0.717) is 18.7 Å². The number of carbonyl (C=O) groups is 1. The van der Waals surface area contributed by atoms with Gasteiger partial charge in [0.2, 0.25) is 5.91 Å². The van der Waals surface area contributed by atoms with Crippen LogP contribution < -0.4 is 15.5 Å². The smallest absolute Gasteiger partial charge is 0.243 e. The molecule has 160 valence electrons. The summed E-state index contributed by atoms with van der Waals surface area (Å²) in [6.45, 7) is 7.89. The van der Waals surface area contributed by atoms with Crippen LogP contribution in [0, 0.1) is 5.82 Å². The Morgan fingerprint density at radius 2 is 1.93 bits per heavy atom. The summed E-state index contributed by atoms with van der Waals surface area (Å²) < 4.78 is 20.8. The fourth-order valence-corrected chi connectivity index (χ4v) is 4.19. The maximum atomic E-state index is 15.1. The van der Waals surface area contributed by atoms with Gasteiger partial charge in [-0.1, -0.05) is 0 Å². The van der Waals surface area contributed by atoms with Crippen molar-refractivity contribution in [1.29, 1.82) is 0 Å². The molecule has 1 amide bonds. The average Bonchev–Trinajstić information content (AvgIpc) is 2.86. The largest absolute Gasteiger partial charge is 0.388 e. The highest BCUT2D eigenvalue weighted by Gasteiger charge is 2.48. The molecule has 30 heavy (non-hydrogen) atoms. The normalized spacial score (nSPS) is 23.1.